The number of thioether (sulfide) groups is 2. The molecule has 0 spiro atoms. The Balaban J connectivity index is 1.22. The van der Waals surface area contributed by atoms with Crippen molar-refractivity contribution in [1.29, 1.82) is 0 Å². The molecule has 2 amide bonds. The van der Waals surface area contributed by atoms with Gasteiger partial charge in [0.25, 0.3) is 11.8 Å². The second kappa shape index (κ2) is 19.7. The number of amides is 2. The molecule has 4 nitrogen and oxygen atoms in total. The van der Waals surface area contributed by atoms with Crippen LogP contribution in [0.3, 0.4) is 0 Å². The van der Waals surface area contributed by atoms with E-state index >= 15 is 0 Å². The van der Waals surface area contributed by atoms with E-state index < -0.39 is 0 Å². The zero-order chi connectivity index (χ0) is 33.5. The number of nitrogens with one attached hydrogen (secondary N) is 2. The second-order valence-corrected chi connectivity index (χ2v) is 17.7. The third kappa shape index (κ3) is 10.1. The monoisotopic (exact) mass is 682 g/mol. The van der Waals surface area contributed by atoms with E-state index in [1.54, 1.807) is 23.5 Å². The largest absolute Gasteiger partial charge is 0.352 e. The molecule has 4 rings (SSSR count). The fourth-order valence-electron chi connectivity index (χ4n) is 7.97. The first-order valence-electron chi connectivity index (χ1n) is 19.7. The van der Waals surface area contributed by atoms with Gasteiger partial charge in [-0.2, -0.15) is 0 Å². The summed E-state index contributed by atoms with van der Waals surface area (Å²) < 4.78 is -0.538. The van der Waals surface area contributed by atoms with Crippen LogP contribution in [0, 0.1) is 0 Å². The predicted octanol–water partition coefficient (Wildman–Crippen LogP) is 11.6. The molecule has 4 aliphatic rings. The highest BCUT2D eigenvalue weighted by Crippen LogP contribution is 2.68. The summed E-state index contributed by atoms with van der Waals surface area (Å²) >= 11 is 3.47. The van der Waals surface area contributed by atoms with Gasteiger partial charge in [0.15, 0.2) is 0 Å². The maximum absolute atomic E-state index is 13.4. The minimum atomic E-state index is -0.269. The van der Waals surface area contributed by atoms with E-state index in [1.807, 2.05) is 0 Å². The van der Waals surface area contributed by atoms with E-state index in [2.05, 4.69) is 50.5 Å². The Kier molecular flexibility index (Phi) is 16.1. The van der Waals surface area contributed by atoms with E-state index in [1.165, 1.54) is 138 Å². The molecule has 2 atom stereocenters. The number of unbranched alkanes of at least 4 members (excludes halogenated alkanes) is 18. The number of fused-ring (bicyclic) bond motifs is 4. The zero-order valence-electron chi connectivity index (χ0n) is 30.5. The van der Waals surface area contributed by atoms with Gasteiger partial charge in [0.1, 0.15) is 0 Å². The van der Waals surface area contributed by atoms with Crippen LogP contribution in [0.5, 0.6) is 0 Å². The molecule has 2 aliphatic heterocycles. The van der Waals surface area contributed by atoms with Gasteiger partial charge in [0, 0.05) is 13.1 Å². The first-order chi connectivity index (χ1) is 22.9. The molecule has 2 heterocycles. The number of carbonyl (C=O) groups excluding carboxylic acids is 2. The fraction of sp³-hybridized carbons (Fsp3) is 0.756. The highest BCUT2D eigenvalue weighted by atomic mass is 32.2. The lowest BCUT2D eigenvalue weighted by Gasteiger charge is -2.47. The summed E-state index contributed by atoms with van der Waals surface area (Å²) in [7, 11) is 0. The Morgan fingerprint density at radius 3 is 1.21 bits per heavy atom. The van der Waals surface area contributed by atoms with Gasteiger partial charge in [0.05, 0.1) is 19.3 Å². The summed E-state index contributed by atoms with van der Waals surface area (Å²) in [4.78, 5) is 28.5. The van der Waals surface area contributed by atoms with Gasteiger partial charge in [-0.25, -0.2) is 0 Å². The van der Waals surface area contributed by atoms with Gasteiger partial charge < -0.3 is 10.6 Å². The molecule has 2 N–H and O–H groups in total. The fourth-order valence-corrected chi connectivity index (χ4v) is 11.0. The van der Waals surface area contributed by atoms with Gasteiger partial charge in [-0.3, -0.25) is 9.59 Å². The maximum Gasteiger partial charge on any atom is 0.257 e. The van der Waals surface area contributed by atoms with Gasteiger partial charge in [0.2, 0.25) is 0 Å². The molecule has 0 aromatic carbocycles. The van der Waals surface area contributed by atoms with Gasteiger partial charge in [-0.1, -0.05) is 129 Å². The van der Waals surface area contributed by atoms with Gasteiger partial charge >= 0.3 is 0 Å². The van der Waals surface area contributed by atoms with Gasteiger partial charge in [-0.15, -0.1) is 23.5 Å². The van der Waals surface area contributed by atoms with Crippen LogP contribution in [0.2, 0.25) is 0 Å². The number of carbonyl (C=O) groups is 2. The zero-order valence-corrected chi connectivity index (χ0v) is 32.1. The number of allylic oxidation sites excluding steroid dienone is 4. The molecule has 47 heavy (non-hydrogen) atoms. The summed E-state index contributed by atoms with van der Waals surface area (Å²) in [6, 6.07) is 0. The Hall–Kier alpha value is -1.40. The summed E-state index contributed by atoms with van der Waals surface area (Å²) in [6.45, 7) is 10.7. The van der Waals surface area contributed by atoms with E-state index in [-0.39, 0.29) is 21.3 Å². The van der Waals surface area contributed by atoms with Crippen molar-refractivity contribution in [2.45, 2.75) is 185 Å². The molecule has 0 aromatic rings. The Bertz CT molecular complexity index is 1090. The third-order valence-electron chi connectivity index (χ3n) is 11.1. The first-order valence-corrected chi connectivity index (χ1v) is 21.3. The van der Waals surface area contributed by atoms with Crippen LogP contribution < -0.4 is 10.6 Å². The van der Waals surface area contributed by atoms with Crippen LogP contribution in [0.25, 0.3) is 0 Å². The molecular formula is C41H66N2O2S2. The summed E-state index contributed by atoms with van der Waals surface area (Å²) in [5.74, 6) is 0.148. The molecule has 2 unspecified atom stereocenters. The van der Waals surface area contributed by atoms with Crippen LogP contribution >= 0.6 is 23.5 Å². The predicted molar refractivity (Wildman–Crippen MR) is 206 cm³/mol. The van der Waals surface area contributed by atoms with Crippen molar-refractivity contribution in [1.82, 2.24) is 10.6 Å². The lowest BCUT2D eigenvalue weighted by Crippen LogP contribution is -2.47. The van der Waals surface area contributed by atoms with Crippen LogP contribution in [0.1, 0.15) is 175 Å². The SMILES string of the molecule is CCCCCCCCCCCCNC(=O)C1=CC2=C3CCCC3=C3C=C(C(=O)NCCCCCCCCCCCC)SC3(C)C2(C)S1. The molecular weight excluding hydrogens is 617 g/mol. The van der Waals surface area contributed by atoms with Crippen molar-refractivity contribution in [3.05, 3.63) is 44.3 Å². The smallest absolute Gasteiger partial charge is 0.257 e. The molecule has 0 bridgehead atoms. The van der Waals surface area contributed by atoms with E-state index in [4.69, 9.17) is 0 Å². The molecule has 0 saturated heterocycles. The lowest BCUT2D eigenvalue weighted by atomic mass is 9.72. The quantitative estimate of drug-likeness (QED) is 0.0995. The Morgan fingerprint density at radius 2 is 0.872 bits per heavy atom. The highest BCUT2D eigenvalue weighted by molar-refractivity contribution is 8.10. The highest BCUT2D eigenvalue weighted by Gasteiger charge is 2.60. The molecule has 1 fully saturated rings. The second-order valence-electron chi connectivity index (χ2n) is 14.8. The summed E-state index contributed by atoms with van der Waals surface area (Å²) in [5, 5.41) is 6.48. The molecule has 2 aliphatic carbocycles. The third-order valence-corrected chi connectivity index (χ3v) is 14.3. The molecule has 1 saturated carbocycles. The normalized spacial score (nSPS) is 23.1. The number of hydrogen-bond donors (Lipinski definition) is 2. The van der Waals surface area contributed by atoms with Crippen LogP contribution in [0.4, 0.5) is 0 Å². The van der Waals surface area contributed by atoms with Crippen LogP contribution in [-0.2, 0) is 9.59 Å². The number of rotatable bonds is 24. The maximum atomic E-state index is 13.4. The first kappa shape index (κ1) is 38.4. The van der Waals surface area contributed by atoms with Gasteiger partial charge in [-0.05, 0) is 80.4 Å². The average Bonchev–Trinajstić information content (AvgIpc) is 3.78. The van der Waals surface area contributed by atoms with Crippen molar-refractivity contribution in [3.8, 4) is 0 Å². The minimum Gasteiger partial charge on any atom is -0.352 e. The molecule has 264 valence electrons. The molecule has 6 heteroatoms. The summed E-state index contributed by atoms with van der Waals surface area (Å²) in [6.07, 6.45) is 33.7. The molecule has 0 aromatic heterocycles. The standard InChI is InChI=1S/C41H66N2O2S2/c1-5-7-9-11-13-15-17-19-21-23-28-42-38(44)36-30-34-32-26-25-27-33(32)35-31-37(47-41(35,4)40(34,3)46-36)39(45)43-29-24-22-20-18-16-14-12-10-8-6-2/h30-31H,5-29H2,1-4H3,(H,42,44)(H,43,45). The van der Waals surface area contributed by atoms with E-state index in [9.17, 15) is 9.59 Å². The topological polar surface area (TPSA) is 58.2 Å². The van der Waals surface area contributed by atoms with Crippen molar-refractivity contribution in [2.24, 2.45) is 0 Å². The Morgan fingerprint density at radius 1 is 0.553 bits per heavy atom. The van der Waals surface area contributed by atoms with Crippen molar-refractivity contribution in [3.63, 3.8) is 0 Å². The molecule has 0 radical (unpaired) electrons. The average molecular weight is 683 g/mol. The summed E-state index contributed by atoms with van der Waals surface area (Å²) in [5.41, 5.74) is 5.54. The Labute approximate surface area is 296 Å². The minimum absolute atomic E-state index is 0.0739. The van der Waals surface area contributed by atoms with Crippen LogP contribution in [0.15, 0.2) is 44.3 Å². The lowest BCUT2D eigenvalue weighted by molar-refractivity contribution is -0.117. The van der Waals surface area contributed by atoms with E-state index in [0.29, 0.717) is 0 Å². The number of hydrogen-bond acceptors (Lipinski definition) is 4. The van der Waals surface area contributed by atoms with Crippen molar-refractivity contribution >= 4 is 35.3 Å². The van der Waals surface area contributed by atoms with E-state index in [0.717, 1.165) is 55.0 Å². The van der Waals surface area contributed by atoms with Crippen molar-refractivity contribution < 1.29 is 9.59 Å². The van der Waals surface area contributed by atoms with Crippen LogP contribution in [-0.4, -0.2) is 34.4 Å². The van der Waals surface area contributed by atoms with Crippen molar-refractivity contribution in [2.75, 3.05) is 13.1 Å².